The summed E-state index contributed by atoms with van der Waals surface area (Å²) in [7, 11) is 0. The molecule has 0 saturated heterocycles. The van der Waals surface area contributed by atoms with Crippen LogP contribution in [0.25, 0.3) is 16.9 Å². The van der Waals surface area contributed by atoms with Gasteiger partial charge in [0.05, 0.1) is 16.8 Å². The highest BCUT2D eigenvalue weighted by Gasteiger charge is 2.24. The van der Waals surface area contributed by atoms with Crippen molar-refractivity contribution in [3.8, 4) is 16.9 Å². The molecule has 2 heterocycles. The number of nitrogens with one attached hydrogen (secondary N) is 1. The summed E-state index contributed by atoms with van der Waals surface area (Å²) in [4.78, 5) is 26.0. The minimum absolute atomic E-state index is 0.242. The Morgan fingerprint density at radius 1 is 1.04 bits per heavy atom. The molecule has 2 aromatic rings. The van der Waals surface area contributed by atoms with E-state index < -0.39 is 0 Å². The van der Waals surface area contributed by atoms with Gasteiger partial charge in [0.15, 0.2) is 0 Å². The fourth-order valence-electron chi connectivity index (χ4n) is 3.16. The first-order valence-electron chi connectivity index (χ1n) is 9.13. The van der Waals surface area contributed by atoms with Crippen molar-refractivity contribution in [3.05, 3.63) is 88.5 Å². The van der Waals surface area contributed by atoms with Crippen LogP contribution in [0.2, 0.25) is 0 Å². The number of pyridine rings is 1. The summed E-state index contributed by atoms with van der Waals surface area (Å²) in [5.74, 6) is -0.292. The number of fused-ring (bicyclic) bond motifs is 1. The van der Waals surface area contributed by atoms with Crippen molar-refractivity contribution in [1.82, 2.24) is 14.3 Å². The number of nitrogens with zero attached hydrogens (tertiary/aromatic N) is 3. The molecular weight excluding hydrogens is 352 g/mol. The lowest BCUT2D eigenvalue weighted by Crippen LogP contribution is -2.17. The van der Waals surface area contributed by atoms with Crippen LogP contribution in [0.5, 0.6) is 0 Å². The lowest BCUT2D eigenvalue weighted by molar-refractivity contribution is 0.102. The van der Waals surface area contributed by atoms with Gasteiger partial charge >= 0.3 is 0 Å². The van der Waals surface area contributed by atoms with E-state index in [1.165, 1.54) is 4.68 Å². The van der Waals surface area contributed by atoms with Gasteiger partial charge in [-0.25, -0.2) is 0 Å². The number of para-hydroxylation sites is 2. The number of hydrogen-bond acceptors (Lipinski definition) is 3. The van der Waals surface area contributed by atoms with Crippen molar-refractivity contribution in [2.45, 2.75) is 20.4 Å². The fourth-order valence-corrected chi connectivity index (χ4v) is 3.16. The molecule has 2 aliphatic rings. The highest BCUT2D eigenvalue weighted by atomic mass is 16.2. The van der Waals surface area contributed by atoms with Gasteiger partial charge in [-0.1, -0.05) is 36.4 Å². The Morgan fingerprint density at radius 2 is 1.75 bits per heavy atom. The molecule has 0 fully saturated rings. The van der Waals surface area contributed by atoms with Gasteiger partial charge in [0, 0.05) is 24.6 Å². The third-order valence-corrected chi connectivity index (χ3v) is 4.73. The molecule has 140 valence electrons. The Kier molecular flexibility index (Phi) is 4.53. The van der Waals surface area contributed by atoms with E-state index in [1.807, 2.05) is 73.0 Å². The molecule has 0 spiro atoms. The lowest BCUT2D eigenvalue weighted by Gasteiger charge is -2.12. The number of amides is 1. The number of carbonyl (C=O) groups excluding carboxylic acids is 1. The maximum Gasteiger partial charge on any atom is 0.282 e. The zero-order valence-electron chi connectivity index (χ0n) is 15.7. The summed E-state index contributed by atoms with van der Waals surface area (Å²) in [6.45, 7) is 4.53. The molecule has 0 aromatic heterocycles. The molecule has 28 heavy (non-hydrogen) atoms. The van der Waals surface area contributed by atoms with Gasteiger partial charge in [-0.15, -0.1) is 0 Å². The Hall–Kier alpha value is -3.67. The maximum absolute atomic E-state index is 13.0. The van der Waals surface area contributed by atoms with Crippen molar-refractivity contribution < 1.29 is 4.79 Å². The summed E-state index contributed by atoms with van der Waals surface area (Å²) >= 11 is 0. The smallest absolute Gasteiger partial charge is 0.282 e. The first kappa shape index (κ1) is 17.7. The van der Waals surface area contributed by atoms with Gasteiger partial charge in [-0.3, -0.25) is 9.59 Å². The molecule has 0 saturated carbocycles. The predicted octanol–water partition coefficient (Wildman–Crippen LogP) is 3.72. The van der Waals surface area contributed by atoms with E-state index in [0.29, 0.717) is 29.1 Å². The van der Waals surface area contributed by atoms with Crippen molar-refractivity contribution in [2.24, 2.45) is 0 Å². The van der Waals surface area contributed by atoms with Crippen LogP contribution in [-0.2, 0) is 6.54 Å². The van der Waals surface area contributed by atoms with Crippen LogP contribution < -0.4 is 10.9 Å². The number of aromatic nitrogens is 3. The van der Waals surface area contributed by atoms with E-state index in [4.69, 9.17) is 0 Å². The summed E-state index contributed by atoms with van der Waals surface area (Å²) in [5.41, 5.74) is 3.30. The Morgan fingerprint density at radius 3 is 2.46 bits per heavy atom. The summed E-state index contributed by atoms with van der Waals surface area (Å²) in [6.07, 6.45) is 3.48. The van der Waals surface area contributed by atoms with Crippen LogP contribution in [0.4, 0.5) is 5.69 Å². The van der Waals surface area contributed by atoms with E-state index in [2.05, 4.69) is 10.4 Å². The molecule has 4 rings (SSSR count). The zero-order chi connectivity index (χ0) is 19.7. The van der Waals surface area contributed by atoms with Crippen molar-refractivity contribution in [1.29, 1.82) is 0 Å². The van der Waals surface area contributed by atoms with Gasteiger partial charge in [0.1, 0.15) is 5.69 Å². The Bertz CT molecular complexity index is 1170. The Labute approximate surface area is 162 Å². The fraction of sp³-hybridized carbons (Fsp3) is 0.136. The summed E-state index contributed by atoms with van der Waals surface area (Å²) in [6, 6.07) is 16.8. The average molecular weight is 372 g/mol. The quantitative estimate of drug-likeness (QED) is 0.594. The van der Waals surface area contributed by atoms with E-state index in [1.54, 1.807) is 12.4 Å². The number of rotatable bonds is 4. The topological polar surface area (TPSA) is 68.9 Å². The molecule has 0 unspecified atom stereocenters. The first-order valence-corrected chi connectivity index (χ1v) is 9.13. The maximum atomic E-state index is 13.0. The molecule has 1 N–H and O–H groups in total. The van der Waals surface area contributed by atoms with Crippen LogP contribution in [0.1, 0.15) is 22.8 Å². The van der Waals surface area contributed by atoms with E-state index in [0.717, 1.165) is 11.3 Å². The molecule has 2 aliphatic heterocycles. The van der Waals surface area contributed by atoms with E-state index >= 15 is 0 Å². The SMILES string of the molecule is CCn1cc(C(=O)Nc2ccccc2C)c2nn(-c3ccccc3)c(=O)c-2c1. The number of hydrogen-bond donors (Lipinski definition) is 1. The van der Waals surface area contributed by atoms with E-state index in [9.17, 15) is 9.59 Å². The highest BCUT2D eigenvalue weighted by Crippen LogP contribution is 2.24. The molecule has 6 heteroatoms. The van der Waals surface area contributed by atoms with Crippen LogP contribution in [0.15, 0.2) is 71.8 Å². The minimum atomic E-state index is -0.292. The lowest BCUT2D eigenvalue weighted by atomic mass is 10.1. The predicted molar refractivity (Wildman–Crippen MR) is 109 cm³/mol. The van der Waals surface area contributed by atoms with Gasteiger partial charge in [-0.2, -0.15) is 9.78 Å². The van der Waals surface area contributed by atoms with Crippen molar-refractivity contribution in [3.63, 3.8) is 0 Å². The standard InChI is InChI=1S/C22H20N4O2/c1-3-25-13-17(21(27)23-19-12-8-7-9-15(19)2)20-18(14-25)22(28)26(24-20)16-10-5-4-6-11-16/h4-14H,3H2,1-2H3,(H,23,27). The number of aryl methyl sites for hydroxylation is 2. The molecule has 6 nitrogen and oxygen atoms in total. The molecular formula is C22H20N4O2. The monoisotopic (exact) mass is 372 g/mol. The molecule has 1 amide bonds. The first-order chi connectivity index (χ1) is 13.6. The second-order valence-corrected chi connectivity index (χ2v) is 6.59. The van der Waals surface area contributed by atoms with Crippen LogP contribution in [-0.4, -0.2) is 20.3 Å². The molecule has 0 atom stereocenters. The van der Waals surface area contributed by atoms with Gasteiger partial charge < -0.3 is 9.88 Å². The number of benzene rings is 2. The van der Waals surface area contributed by atoms with Gasteiger partial charge in [0.2, 0.25) is 0 Å². The minimum Gasteiger partial charge on any atom is -0.353 e. The summed E-state index contributed by atoms with van der Waals surface area (Å²) < 4.78 is 3.17. The zero-order valence-corrected chi connectivity index (χ0v) is 15.7. The second-order valence-electron chi connectivity index (χ2n) is 6.59. The molecule has 2 aromatic carbocycles. The number of carbonyl (C=O) groups is 1. The van der Waals surface area contributed by atoms with Gasteiger partial charge in [-0.05, 0) is 37.6 Å². The third kappa shape index (κ3) is 3.09. The van der Waals surface area contributed by atoms with E-state index in [-0.39, 0.29) is 11.5 Å². The van der Waals surface area contributed by atoms with Crippen LogP contribution in [0, 0.1) is 6.92 Å². The van der Waals surface area contributed by atoms with Crippen molar-refractivity contribution >= 4 is 11.6 Å². The average Bonchev–Trinajstić information content (AvgIpc) is 3.06. The normalized spacial score (nSPS) is 10.9. The van der Waals surface area contributed by atoms with Crippen LogP contribution >= 0.6 is 0 Å². The van der Waals surface area contributed by atoms with Crippen molar-refractivity contribution in [2.75, 3.05) is 5.32 Å². The third-order valence-electron chi connectivity index (χ3n) is 4.73. The highest BCUT2D eigenvalue weighted by molar-refractivity contribution is 6.08. The largest absolute Gasteiger partial charge is 0.353 e. The number of anilines is 1. The van der Waals surface area contributed by atoms with Gasteiger partial charge in [0.25, 0.3) is 11.5 Å². The summed E-state index contributed by atoms with van der Waals surface area (Å²) in [5, 5.41) is 7.41. The second kappa shape index (κ2) is 7.15. The van der Waals surface area contributed by atoms with Crippen LogP contribution in [0.3, 0.4) is 0 Å². The Balaban J connectivity index is 1.85. The molecule has 0 radical (unpaired) electrons. The molecule has 0 bridgehead atoms. The molecule has 0 aliphatic carbocycles.